The summed E-state index contributed by atoms with van der Waals surface area (Å²) < 4.78 is 21.0. The topological polar surface area (TPSA) is 40.2 Å². The van der Waals surface area contributed by atoms with Crippen molar-refractivity contribution in [2.75, 3.05) is 20.0 Å². The normalized spacial score (nSPS) is 21.7. The van der Waals surface area contributed by atoms with Crippen LogP contribution in [0.2, 0.25) is 0 Å². The quantitative estimate of drug-likeness (QED) is 0.700. The first-order chi connectivity index (χ1) is 7.42. The average Bonchev–Trinajstić information content (AvgIpc) is 2.95. The number of benzene rings is 1. The van der Waals surface area contributed by atoms with Gasteiger partial charge in [-0.05, 0) is 17.7 Å². The van der Waals surface area contributed by atoms with E-state index in [1.54, 1.807) is 0 Å². The Balaban J connectivity index is 1.59. The smallest absolute Gasteiger partial charge is 0.231 e. The summed E-state index contributed by atoms with van der Waals surface area (Å²) in [5.74, 6) is 1.61. The second-order valence-corrected chi connectivity index (χ2v) is 3.66. The molecule has 1 fully saturated rings. The zero-order valence-electron chi connectivity index (χ0n) is 8.27. The number of rotatable bonds is 4. The Morgan fingerprint density at radius 2 is 2.13 bits per heavy atom. The molecule has 1 aromatic carbocycles. The van der Waals surface area contributed by atoms with Crippen molar-refractivity contribution >= 4 is 0 Å². The molecule has 1 atom stereocenters. The Morgan fingerprint density at radius 3 is 3.00 bits per heavy atom. The van der Waals surface area contributed by atoms with E-state index in [-0.39, 0.29) is 0 Å². The fourth-order valence-electron chi connectivity index (χ4n) is 1.50. The first-order valence-electron chi connectivity index (χ1n) is 5.00. The van der Waals surface area contributed by atoms with E-state index >= 15 is 0 Å². The average molecular weight is 208 g/mol. The zero-order valence-corrected chi connectivity index (χ0v) is 8.27. The molecule has 0 amide bonds. The molecule has 0 unspecified atom stereocenters. The van der Waals surface area contributed by atoms with Gasteiger partial charge >= 0.3 is 0 Å². The summed E-state index contributed by atoms with van der Waals surface area (Å²) in [5, 5.41) is 0. The van der Waals surface area contributed by atoms with E-state index in [1.807, 2.05) is 18.2 Å². The van der Waals surface area contributed by atoms with Crippen molar-refractivity contribution < 1.29 is 18.9 Å². The van der Waals surface area contributed by atoms with Gasteiger partial charge in [-0.15, -0.1) is 0 Å². The number of hydrogen-bond donors (Lipinski definition) is 0. The maximum atomic E-state index is 5.48. The molecule has 0 aromatic heterocycles. The van der Waals surface area contributed by atoms with Gasteiger partial charge in [-0.25, -0.2) is 0 Å². The maximum Gasteiger partial charge on any atom is 0.231 e. The van der Waals surface area contributed by atoms with E-state index in [0.29, 0.717) is 26.1 Å². The predicted octanol–water partition coefficient (Wildman–Crippen LogP) is 1.33. The van der Waals surface area contributed by atoms with Gasteiger partial charge in [0.2, 0.25) is 6.79 Å². The first-order valence-corrected chi connectivity index (χ1v) is 5.00. The van der Waals surface area contributed by atoms with E-state index < -0.39 is 0 Å². The van der Waals surface area contributed by atoms with Gasteiger partial charge in [0.1, 0.15) is 6.10 Å². The van der Waals surface area contributed by atoms with Gasteiger partial charge in [0, 0.05) is 0 Å². The molecule has 15 heavy (non-hydrogen) atoms. The molecule has 0 radical (unpaired) electrons. The lowest BCUT2D eigenvalue weighted by Gasteiger charge is -2.03. The number of hydrogen-bond acceptors (Lipinski definition) is 4. The predicted molar refractivity (Wildman–Crippen MR) is 52.0 cm³/mol. The van der Waals surface area contributed by atoms with Crippen molar-refractivity contribution in [1.29, 1.82) is 0 Å². The van der Waals surface area contributed by atoms with Gasteiger partial charge in [0.05, 0.1) is 19.8 Å². The third kappa shape index (κ3) is 2.06. The molecule has 2 aliphatic heterocycles. The molecule has 80 valence electrons. The summed E-state index contributed by atoms with van der Waals surface area (Å²) in [6.45, 7) is 2.42. The van der Waals surface area contributed by atoms with Crippen molar-refractivity contribution in [3.63, 3.8) is 0 Å². The van der Waals surface area contributed by atoms with Gasteiger partial charge in [0.25, 0.3) is 0 Å². The summed E-state index contributed by atoms with van der Waals surface area (Å²) >= 11 is 0. The molecule has 2 aliphatic rings. The van der Waals surface area contributed by atoms with Crippen LogP contribution < -0.4 is 9.47 Å². The van der Waals surface area contributed by atoms with Crippen molar-refractivity contribution in [3.8, 4) is 11.5 Å². The van der Waals surface area contributed by atoms with Crippen LogP contribution >= 0.6 is 0 Å². The molecule has 0 saturated carbocycles. The van der Waals surface area contributed by atoms with Crippen molar-refractivity contribution in [2.45, 2.75) is 12.7 Å². The number of fused-ring (bicyclic) bond motifs is 1. The van der Waals surface area contributed by atoms with Crippen LogP contribution in [0, 0.1) is 0 Å². The van der Waals surface area contributed by atoms with Crippen LogP contribution in [0.15, 0.2) is 18.2 Å². The molecule has 0 bridgehead atoms. The van der Waals surface area contributed by atoms with Crippen LogP contribution in [0.3, 0.4) is 0 Å². The van der Waals surface area contributed by atoms with E-state index in [4.69, 9.17) is 18.9 Å². The second-order valence-electron chi connectivity index (χ2n) is 3.66. The van der Waals surface area contributed by atoms with Crippen LogP contribution in [0.1, 0.15) is 5.56 Å². The molecule has 1 aromatic rings. The van der Waals surface area contributed by atoms with Crippen LogP contribution in [0.4, 0.5) is 0 Å². The standard InChI is InChI=1S/C11H12O4/c1-2-10-11(15-7-14-10)3-8(1)4-12-5-9-6-13-9/h1-3,9H,4-7H2/t9-/m0/s1. The van der Waals surface area contributed by atoms with Gasteiger partial charge in [-0.1, -0.05) is 6.07 Å². The Hall–Kier alpha value is -1.26. The van der Waals surface area contributed by atoms with E-state index in [9.17, 15) is 0 Å². The molecular weight excluding hydrogens is 196 g/mol. The molecule has 1 saturated heterocycles. The summed E-state index contributed by atoms with van der Waals surface area (Å²) in [4.78, 5) is 0. The highest BCUT2D eigenvalue weighted by molar-refractivity contribution is 5.44. The molecule has 0 aliphatic carbocycles. The molecule has 0 spiro atoms. The first kappa shape index (κ1) is 9.00. The van der Waals surface area contributed by atoms with Gasteiger partial charge < -0.3 is 18.9 Å². The van der Waals surface area contributed by atoms with Crippen LogP contribution in [0.25, 0.3) is 0 Å². The third-order valence-corrected chi connectivity index (χ3v) is 2.41. The molecule has 4 heteroatoms. The Bertz CT molecular complexity index is 360. The minimum Gasteiger partial charge on any atom is -0.454 e. The SMILES string of the molecule is c1cc2c(cc1COC[C@H]1CO1)OCO2. The molecule has 3 rings (SSSR count). The summed E-state index contributed by atoms with van der Waals surface area (Å²) in [7, 11) is 0. The lowest BCUT2D eigenvalue weighted by molar-refractivity contribution is 0.104. The lowest BCUT2D eigenvalue weighted by atomic mass is 10.2. The van der Waals surface area contributed by atoms with Crippen molar-refractivity contribution in [2.24, 2.45) is 0 Å². The van der Waals surface area contributed by atoms with Crippen LogP contribution in [-0.4, -0.2) is 26.1 Å². The summed E-state index contributed by atoms with van der Waals surface area (Å²) in [5.41, 5.74) is 1.10. The highest BCUT2D eigenvalue weighted by Crippen LogP contribution is 2.32. The lowest BCUT2D eigenvalue weighted by Crippen LogP contribution is -2.01. The maximum absolute atomic E-state index is 5.48. The molecular formula is C11H12O4. The van der Waals surface area contributed by atoms with E-state index in [0.717, 1.165) is 23.7 Å². The molecule has 4 nitrogen and oxygen atoms in total. The minimum absolute atomic E-state index is 0.315. The second kappa shape index (κ2) is 3.72. The zero-order chi connectivity index (χ0) is 10.1. The number of ether oxygens (including phenoxy) is 4. The molecule has 0 N–H and O–H groups in total. The monoisotopic (exact) mass is 208 g/mol. The van der Waals surface area contributed by atoms with Crippen molar-refractivity contribution in [1.82, 2.24) is 0 Å². The fourth-order valence-corrected chi connectivity index (χ4v) is 1.50. The Morgan fingerprint density at radius 1 is 1.27 bits per heavy atom. The largest absolute Gasteiger partial charge is 0.454 e. The fraction of sp³-hybridized carbons (Fsp3) is 0.455. The van der Waals surface area contributed by atoms with Crippen LogP contribution in [0.5, 0.6) is 11.5 Å². The summed E-state index contributed by atoms with van der Waals surface area (Å²) in [6, 6.07) is 5.85. The van der Waals surface area contributed by atoms with Crippen molar-refractivity contribution in [3.05, 3.63) is 23.8 Å². The highest BCUT2D eigenvalue weighted by Gasteiger charge is 2.22. The Kier molecular flexibility index (Phi) is 2.23. The minimum atomic E-state index is 0.315. The van der Waals surface area contributed by atoms with E-state index in [1.165, 1.54) is 0 Å². The van der Waals surface area contributed by atoms with Gasteiger partial charge in [-0.2, -0.15) is 0 Å². The summed E-state index contributed by atoms with van der Waals surface area (Å²) in [6.07, 6.45) is 0.319. The number of epoxide rings is 1. The van der Waals surface area contributed by atoms with Crippen LogP contribution in [-0.2, 0) is 16.1 Å². The molecule has 2 heterocycles. The van der Waals surface area contributed by atoms with Gasteiger partial charge in [-0.3, -0.25) is 0 Å². The van der Waals surface area contributed by atoms with Gasteiger partial charge in [0.15, 0.2) is 11.5 Å². The Labute approximate surface area is 87.7 Å². The third-order valence-electron chi connectivity index (χ3n) is 2.41. The highest BCUT2D eigenvalue weighted by atomic mass is 16.7. The van der Waals surface area contributed by atoms with E-state index in [2.05, 4.69) is 0 Å².